The predicted molar refractivity (Wildman–Crippen MR) is 122 cm³/mol. The molecule has 7 heteroatoms. The molecular formula is C24H32N2O4S. The Hall–Kier alpha value is -2.38. The lowest BCUT2D eigenvalue weighted by atomic mass is 10.1. The number of aryl methyl sites for hydroxylation is 1. The van der Waals surface area contributed by atoms with E-state index in [1.54, 1.807) is 28.4 Å². The van der Waals surface area contributed by atoms with Crippen molar-refractivity contribution in [3.63, 3.8) is 0 Å². The highest BCUT2D eigenvalue weighted by atomic mass is 32.2. The first-order valence-electron chi connectivity index (χ1n) is 11.0. The average molecular weight is 445 g/mol. The van der Waals surface area contributed by atoms with Crippen molar-refractivity contribution in [2.45, 2.75) is 43.4 Å². The van der Waals surface area contributed by atoms with Crippen LogP contribution >= 0.6 is 0 Å². The molecule has 1 amide bonds. The van der Waals surface area contributed by atoms with Gasteiger partial charge in [0.05, 0.1) is 11.4 Å². The maximum atomic E-state index is 12.9. The summed E-state index contributed by atoms with van der Waals surface area (Å²) in [5, 5.41) is 0. The monoisotopic (exact) mass is 444 g/mol. The Bertz CT molecular complexity index is 922. The lowest BCUT2D eigenvalue weighted by Crippen LogP contribution is -2.32. The van der Waals surface area contributed by atoms with Gasteiger partial charge in [-0.3, -0.25) is 4.79 Å². The van der Waals surface area contributed by atoms with Gasteiger partial charge in [-0.2, -0.15) is 4.31 Å². The molecule has 0 aromatic heterocycles. The molecule has 0 spiro atoms. The zero-order valence-corrected chi connectivity index (χ0v) is 19.0. The van der Waals surface area contributed by atoms with E-state index in [1.165, 1.54) is 0 Å². The van der Waals surface area contributed by atoms with Crippen LogP contribution in [-0.4, -0.2) is 56.8 Å². The Morgan fingerprint density at radius 2 is 1.61 bits per heavy atom. The Labute approximate surface area is 185 Å². The van der Waals surface area contributed by atoms with Gasteiger partial charge in [0.25, 0.3) is 0 Å². The van der Waals surface area contributed by atoms with Crippen molar-refractivity contribution in [2.24, 2.45) is 0 Å². The van der Waals surface area contributed by atoms with Crippen LogP contribution in [0.1, 0.15) is 37.7 Å². The number of carbonyl (C=O) groups excluding carboxylic acids is 1. The van der Waals surface area contributed by atoms with Crippen molar-refractivity contribution in [2.75, 3.05) is 33.3 Å². The van der Waals surface area contributed by atoms with Crippen LogP contribution in [0.3, 0.4) is 0 Å². The van der Waals surface area contributed by atoms with Gasteiger partial charge in [0.1, 0.15) is 12.4 Å². The molecule has 31 heavy (non-hydrogen) atoms. The molecule has 168 valence electrons. The van der Waals surface area contributed by atoms with E-state index >= 15 is 0 Å². The van der Waals surface area contributed by atoms with Crippen LogP contribution in [0.5, 0.6) is 5.75 Å². The molecule has 0 aliphatic carbocycles. The third-order valence-electron chi connectivity index (χ3n) is 5.62. The molecule has 0 atom stereocenters. The largest absolute Gasteiger partial charge is 0.492 e. The summed E-state index contributed by atoms with van der Waals surface area (Å²) < 4.78 is 33.0. The van der Waals surface area contributed by atoms with Crippen LogP contribution in [0, 0.1) is 0 Å². The fourth-order valence-corrected chi connectivity index (χ4v) is 5.16. The van der Waals surface area contributed by atoms with Gasteiger partial charge in [-0.15, -0.1) is 0 Å². The standard InChI is InChI=1S/C24H32N2O4S/c1-25(19-20-30-22-9-5-4-6-10-22)24(27)16-13-21-11-14-23(15-12-21)31(28,29)26-17-7-2-3-8-18-26/h4-6,9-12,14-15H,2-3,7-8,13,16-20H2,1H3. The third-order valence-corrected chi connectivity index (χ3v) is 7.53. The first-order chi connectivity index (χ1) is 15.0. The molecule has 2 aromatic carbocycles. The van der Waals surface area contributed by atoms with E-state index in [9.17, 15) is 13.2 Å². The second-order valence-corrected chi connectivity index (χ2v) is 9.88. The number of carbonyl (C=O) groups is 1. The smallest absolute Gasteiger partial charge is 0.243 e. The second-order valence-electron chi connectivity index (χ2n) is 7.94. The van der Waals surface area contributed by atoms with E-state index in [-0.39, 0.29) is 5.91 Å². The number of sulfonamides is 1. The van der Waals surface area contributed by atoms with E-state index < -0.39 is 10.0 Å². The van der Waals surface area contributed by atoms with Gasteiger partial charge in [-0.25, -0.2) is 8.42 Å². The molecule has 0 radical (unpaired) electrons. The molecule has 0 bridgehead atoms. The Morgan fingerprint density at radius 3 is 2.26 bits per heavy atom. The average Bonchev–Trinajstić information content (AvgIpc) is 3.09. The number of para-hydroxylation sites is 1. The lowest BCUT2D eigenvalue weighted by Gasteiger charge is -2.20. The molecule has 1 saturated heterocycles. The van der Waals surface area contributed by atoms with Crippen LogP contribution in [0.15, 0.2) is 59.5 Å². The summed E-state index contributed by atoms with van der Waals surface area (Å²) in [4.78, 5) is 14.4. The topological polar surface area (TPSA) is 66.9 Å². The van der Waals surface area contributed by atoms with Gasteiger partial charge in [0.2, 0.25) is 15.9 Å². The molecule has 1 fully saturated rings. The first kappa shape index (κ1) is 23.3. The molecule has 6 nitrogen and oxygen atoms in total. The van der Waals surface area contributed by atoms with Gasteiger partial charge in [0, 0.05) is 26.6 Å². The highest BCUT2D eigenvalue weighted by Crippen LogP contribution is 2.21. The van der Waals surface area contributed by atoms with E-state index in [0.717, 1.165) is 37.0 Å². The minimum absolute atomic E-state index is 0.0397. The maximum Gasteiger partial charge on any atom is 0.243 e. The Kier molecular flexibility index (Phi) is 8.49. The molecular weight excluding hydrogens is 412 g/mol. The number of likely N-dealkylation sites (N-methyl/N-ethyl adjacent to an activating group) is 1. The van der Waals surface area contributed by atoms with Crippen LogP contribution in [-0.2, 0) is 21.2 Å². The van der Waals surface area contributed by atoms with Crippen molar-refractivity contribution in [1.82, 2.24) is 9.21 Å². The molecule has 0 unspecified atom stereocenters. The number of ether oxygens (including phenoxy) is 1. The summed E-state index contributed by atoms with van der Waals surface area (Å²) in [7, 11) is -1.66. The lowest BCUT2D eigenvalue weighted by molar-refractivity contribution is -0.130. The van der Waals surface area contributed by atoms with Crippen molar-refractivity contribution in [1.29, 1.82) is 0 Å². The molecule has 2 aromatic rings. The van der Waals surface area contributed by atoms with Crippen LogP contribution < -0.4 is 4.74 Å². The number of hydrogen-bond acceptors (Lipinski definition) is 4. The minimum Gasteiger partial charge on any atom is -0.492 e. The Balaban J connectivity index is 1.46. The molecule has 0 N–H and O–H groups in total. The van der Waals surface area contributed by atoms with Gasteiger partial charge < -0.3 is 9.64 Å². The van der Waals surface area contributed by atoms with E-state index in [4.69, 9.17) is 4.74 Å². The van der Waals surface area contributed by atoms with E-state index in [2.05, 4.69) is 0 Å². The fourth-order valence-electron chi connectivity index (χ4n) is 3.64. The number of hydrogen-bond donors (Lipinski definition) is 0. The van der Waals surface area contributed by atoms with Gasteiger partial charge >= 0.3 is 0 Å². The molecule has 1 aliphatic rings. The number of nitrogens with zero attached hydrogens (tertiary/aromatic N) is 2. The van der Waals surface area contributed by atoms with Crippen LogP contribution in [0.2, 0.25) is 0 Å². The first-order valence-corrected chi connectivity index (χ1v) is 12.4. The summed E-state index contributed by atoms with van der Waals surface area (Å²) in [6.07, 6.45) is 4.97. The summed E-state index contributed by atoms with van der Waals surface area (Å²) in [6.45, 7) is 2.15. The van der Waals surface area contributed by atoms with Gasteiger partial charge in [-0.1, -0.05) is 43.2 Å². The molecule has 3 rings (SSSR count). The van der Waals surface area contributed by atoms with Crippen molar-refractivity contribution < 1.29 is 17.9 Å². The summed E-state index contributed by atoms with van der Waals surface area (Å²) >= 11 is 0. The summed E-state index contributed by atoms with van der Waals surface area (Å²) in [6, 6.07) is 16.5. The summed E-state index contributed by atoms with van der Waals surface area (Å²) in [5.41, 5.74) is 0.956. The molecule has 1 heterocycles. The zero-order chi connectivity index (χ0) is 22.1. The van der Waals surface area contributed by atoms with Crippen molar-refractivity contribution in [3.05, 3.63) is 60.2 Å². The number of benzene rings is 2. The van der Waals surface area contributed by atoms with Crippen molar-refractivity contribution >= 4 is 15.9 Å². The van der Waals surface area contributed by atoms with Crippen molar-refractivity contribution in [3.8, 4) is 5.75 Å². The predicted octanol–water partition coefficient (Wildman–Crippen LogP) is 3.72. The number of amides is 1. The normalized spacial score (nSPS) is 15.3. The molecule has 0 saturated carbocycles. The minimum atomic E-state index is -3.44. The number of rotatable bonds is 9. The van der Waals surface area contributed by atoms with Crippen LogP contribution in [0.4, 0.5) is 0 Å². The van der Waals surface area contributed by atoms with Crippen LogP contribution in [0.25, 0.3) is 0 Å². The third kappa shape index (κ3) is 6.80. The quantitative estimate of drug-likeness (QED) is 0.591. The SMILES string of the molecule is CN(CCOc1ccccc1)C(=O)CCc1ccc(S(=O)(=O)N2CCCCCC2)cc1. The summed E-state index contributed by atoms with van der Waals surface area (Å²) in [5.74, 6) is 0.830. The van der Waals surface area contributed by atoms with Gasteiger partial charge in [0.15, 0.2) is 0 Å². The highest BCUT2D eigenvalue weighted by molar-refractivity contribution is 7.89. The zero-order valence-electron chi connectivity index (χ0n) is 18.2. The molecule has 1 aliphatic heterocycles. The Morgan fingerprint density at radius 1 is 0.968 bits per heavy atom. The highest BCUT2D eigenvalue weighted by Gasteiger charge is 2.24. The van der Waals surface area contributed by atoms with E-state index in [0.29, 0.717) is 44.0 Å². The van der Waals surface area contributed by atoms with Gasteiger partial charge in [-0.05, 0) is 49.1 Å². The van der Waals surface area contributed by atoms with E-state index in [1.807, 2.05) is 42.5 Å². The second kappa shape index (κ2) is 11.3. The fraction of sp³-hybridized carbons (Fsp3) is 0.458. The maximum absolute atomic E-state index is 12.9.